The zero-order valence-electron chi connectivity index (χ0n) is 11.1. The first-order chi connectivity index (χ1) is 8.32. The molecule has 1 amide bonds. The first-order valence-corrected chi connectivity index (χ1v) is 5.90. The summed E-state index contributed by atoms with van der Waals surface area (Å²) in [7, 11) is 0. The number of hydrogen-bond acceptors (Lipinski definition) is 3. The van der Waals surface area contributed by atoms with Gasteiger partial charge in [-0.1, -0.05) is 0 Å². The highest BCUT2D eigenvalue weighted by atomic mass is 16.4. The molecule has 0 fully saturated rings. The van der Waals surface area contributed by atoms with Crippen molar-refractivity contribution < 1.29 is 14.7 Å². The van der Waals surface area contributed by atoms with Crippen molar-refractivity contribution in [3.05, 3.63) is 11.4 Å². The molecule has 0 aliphatic rings. The third-order valence-electron chi connectivity index (χ3n) is 2.64. The van der Waals surface area contributed by atoms with Gasteiger partial charge in [-0.25, -0.2) is 0 Å². The Hall–Kier alpha value is -1.85. The number of nitrogens with one attached hydrogen (secondary N) is 1. The minimum absolute atomic E-state index is 0.0267. The first-order valence-electron chi connectivity index (χ1n) is 5.90. The molecular formula is C12H19N3O3. The fourth-order valence-electron chi connectivity index (χ4n) is 1.77. The van der Waals surface area contributed by atoms with Crippen LogP contribution in [-0.4, -0.2) is 26.8 Å². The van der Waals surface area contributed by atoms with Gasteiger partial charge in [-0.05, 0) is 27.7 Å². The van der Waals surface area contributed by atoms with Crippen molar-refractivity contribution in [2.24, 2.45) is 0 Å². The molecule has 1 heterocycles. The number of hydrogen-bond donors (Lipinski definition) is 2. The van der Waals surface area contributed by atoms with Gasteiger partial charge in [-0.3, -0.25) is 14.3 Å². The second-order valence-electron chi connectivity index (χ2n) is 4.53. The molecule has 0 spiro atoms. The number of carbonyl (C=O) groups excluding carboxylic acids is 1. The normalized spacial score (nSPS) is 10.7. The molecular weight excluding hydrogens is 234 g/mol. The summed E-state index contributed by atoms with van der Waals surface area (Å²) in [6.45, 7) is 7.72. The van der Waals surface area contributed by atoms with Crippen LogP contribution < -0.4 is 5.32 Å². The van der Waals surface area contributed by atoms with Crippen LogP contribution in [0.5, 0.6) is 0 Å². The minimum Gasteiger partial charge on any atom is -0.481 e. The van der Waals surface area contributed by atoms with Gasteiger partial charge >= 0.3 is 5.97 Å². The van der Waals surface area contributed by atoms with Crippen molar-refractivity contribution in [3.8, 4) is 0 Å². The van der Waals surface area contributed by atoms with Crippen LogP contribution in [0.4, 0.5) is 5.69 Å². The molecule has 0 unspecified atom stereocenters. The van der Waals surface area contributed by atoms with Gasteiger partial charge in [0.15, 0.2) is 0 Å². The summed E-state index contributed by atoms with van der Waals surface area (Å²) in [4.78, 5) is 22.0. The Morgan fingerprint density at radius 2 is 1.94 bits per heavy atom. The quantitative estimate of drug-likeness (QED) is 0.839. The fraction of sp³-hybridized carbons (Fsp3) is 0.583. The second-order valence-corrected chi connectivity index (χ2v) is 4.53. The van der Waals surface area contributed by atoms with E-state index in [9.17, 15) is 9.59 Å². The Balaban J connectivity index is 2.78. The third kappa shape index (κ3) is 3.32. The highest BCUT2D eigenvalue weighted by molar-refractivity contribution is 5.93. The van der Waals surface area contributed by atoms with Gasteiger partial charge in [0, 0.05) is 12.5 Å². The standard InChI is InChI=1S/C12H19N3O3/c1-7(2)15-9(4)12(8(3)14-15)13-10(16)5-6-11(17)18/h7H,5-6H2,1-4H3,(H,13,16)(H,17,18). The van der Waals surface area contributed by atoms with Crippen LogP contribution in [0.1, 0.15) is 44.1 Å². The van der Waals surface area contributed by atoms with E-state index < -0.39 is 5.97 Å². The van der Waals surface area contributed by atoms with Crippen LogP contribution in [0.3, 0.4) is 0 Å². The fourth-order valence-corrected chi connectivity index (χ4v) is 1.77. The topological polar surface area (TPSA) is 84.2 Å². The van der Waals surface area contributed by atoms with E-state index in [1.54, 1.807) is 0 Å². The molecule has 1 rings (SSSR count). The number of aryl methyl sites for hydroxylation is 1. The van der Waals surface area contributed by atoms with Crippen molar-refractivity contribution in [2.45, 2.75) is 46.6 Å². The summed E-state index contributed by atoms with van der Waals surface area (Å²) in [5, 5.41) is 15.6. The van der Waals surface area contributed by atoms with Gasteiger partial charge in [-0.2, -0.15) is 5.10 Å². The summed E-state index contributed by atoms with van der Waals surface area (Å²) in [5.74, 6) is -1.27. The molecule has 0 bridgehead atoms. The summed E-state index contributed by atoms with van der Waals surface area (Å²) in [6, 6.07) is 0.216. The monoisotopic (exact) mass is 253 g/mol. The average molecular weight is 253 g/mol. The van der Waals surface area contributed by atoms with Gasteiger partial charge in [0.1, 0.15) is 0 Å². The molecule has 1 aromatic rings. The molecule has 100 valence electrons. The highest BCUT2D eigenvalue weighted by Gasteiger charge is 2.15. The molecule has 0 aliphatic heterocycles. The van der Waals surface area contributed by atoms with Crippen molar-refractivity contribution in [1.82, 2.24) is 9.78 Å². The van der Waals surface area contributed by atoms with E-state index in [1.165, 1.54) is 0 Å². The Kier molecular flexibility index (Phi) is 4.47. The molecule has 0 radical (unpaired) electrons. The maximum absolute atomic E-state index is 11.6. The molecule has 2 N–H and O–H groups in total. The number of nitrogens with zero attached hydrogens (tertiary/aromatic N) is 2. The largest absolute Gasteiger partial charge is 0.481 e. The number of carboxylic acid groups (broad SMARTS) is 1. The zero-order chi connectivity index (χ0) is 13.9. The predicted molar refractivity (Wildman–Crippen MR) is 67.6 cm³/mol. The summed E-state index contributed by atoms with van der Waals surface area (Å²) < 4.78 is 1.84. The predicted octanol–water partition coefficient (Wildman–Crippen LogP) is 1.88. The van der Waals surface area contributed by atoms with Gasteiger partial charge in [0.25, 0.3) is 0 Å². The SMILES string of the molecule is Cc1nn(C(C)C)c(C)c1NC(=O)CCC(=O)O. The van der Waals surface area contributed by atoms with Crippen LogP contribution in [0.2, 0.25) is 0 Å². The maximum Gasteiger partial charge on any atom is 0.303 e. The summed E-state index contributed by atoms with van der Waals surface area (Å²) in [5.41, 5.74) is 2.30. The van der Waals surface area contributed by atoms with Crippen LogP contribution in [0.15, 0.2) is 0 Å². The zero-order valence-corrected chi connectivity index (χ0v) is 11.1. The number of carbonyl (C=O) groups is 2. The maximum atomic E-state index is 11.6. The smallest absolute Gasteiger partial charge is 0.303 e. The lowest BCUT2D eigenvalue weighted by Crippen LogP contribution is -2.14. The number of rotatable bonds is 5. The number of aromatic nitrogens is 2. The highest BCUT2D eigenvalue weighted by Crippen LogP contribution is 2.22. The van der Waals surface area contributed by atoms with E-state index in [-0.39, 0.29) is 24.8 Å². The van der Waals surface area contributed by atoms with Gasteiger partial charge in [0.05, 0.1) is 23.5 Å². The van der Waals surface area contributed by atoms with E-state index in [2.05, 4.69) is 10.4 Å². The van der Waals surface area contributed by atoms with Gasteiger partial charge in [0.2, 0.25) is 5.91 Å². The van der Waals surface area contributed by atoms with Crippen molar-refractivity contribution in [3.63, 3.8) is 0 Å². The molecule has 6 nitrogen and oxygen atoms in total. The van der Waals surface area contributed by atoms with E-state index in [0.29, 0.717) is 5.69 Å². The minimum atomic E-state index is -0.975. The van der Waals surface area contributed by atoms with E-state index in [4.69, 9.17) is 5.11 Å². The van der Waals surface area contributed by atoms with Crippen molar-refractivity contribution >= 4 is 17.6 Å². The number of amides is 1. The molecule has 6 heteroatoms. The van der Waals surface area contributed by atoms with Gasteiger partial charge < -0.3 is 10.4 Å². The average Bonchev–Trinajstić information content (AvgIpc) is 2.54. The number of aliphatic carboxylic acids is 1. The van der Waals surface area contributed by atoms with E-state index >= 15 is 0 Å². The molecule has 0 atom stereocenters. The van der Waals surface area contributed by atoms with E-state index in [0.717, 1.165) is 11.4 Å². The van der Waals surface area contributed by atoms with Crippen LogP contribution in [-0.2, 0) is 9.59 Å². The number of carboxylic acids is 1. The Bertz CT molecular complexity index is 463. The molecule has 0 aromatic carbocycles. The van der Waals surface area contributed by atoms with Crippen LogP contribution in [0.25, 0.3) is 0 Å². The van der Waals surface area contributed by atoms with Crippen molar-refractivity contribution in [1.29, 1.82) is 0 Å². The molecule has 0 saturated heterocycles. The summed E-state index contributed by atoms with van der Waals surface area (Å²) >= 11 is 0. The molecule has 1 aromatic heterocycles. The van der Waals surface area contributed by atoms with Crippen molar-refractivity contribution in [2.75, 3.05) is 5.32 Å². The van der Waals surface area contributed by atoms with Gasteiger partial charge in [-0.15, -0.1) is 0 Å². The van der Waals surface area contributed by atoms with E-state index in [1.807, 2.05) is 32.4 Å². The molecule has 0 aliphatic carbocycles. The lowest BCUT2D eigenvalue weighted by molar-refractivity contribution is -0.138. The summed E-state index contributed by atoms with van der Waals surface area (Å²) in [6.07, 6.45) is -0.191. The second kappa shape index (κ2) is 5.66. The lowest BCUT2D eigenvalue weighted by Gasteiger charge is -2.09. The Labute approximate surface area is 106 Å². The first kappa shape index (κ1) is 14.2. The Morgan fingerprint density at radius 1 is 1.33 bits per heavy atom. The van der Waals surface area contributed by atoms with Crippen LogP contribution >= 0.6 is 0 Å². The molecule has 18 heavy (non-hydrogen) atoms. The lowest BCUT2D eigenvalue weighted by atomic mass is 10.2. The molecule has 0 saturated carbocycles. The van der Waals surface area contributed by atoms with Crippen LogP contribution in [0, 0.1) is 13.8 Å². The third-order valence-corrected chi connectivity index (χ3v) is 2.64. The number of anilines is 1. The Morgan fingerprint density at radius 3 is 2.39 bits per heavy atom.